The van der Waals surface area contributed by atoms with Gasteiger partial charge >= 0.3 is 0 Å². The van der Waals surface area contributed by atoms with Gasteiger partial charge in [-0.1, -0.05) is 18.2 Å². The zero-order valence-electron chi connectivity index (χ0n) is 14.3. The normalized spacial score (nSPS) is 16.6. The number of halogens is 1. The third kappa shape index (κ3) is 3.97. The number of carbonyl (C=O) groups excluding carboxylic acids is 2. The fourth-order valence-corrected chi connectivity index (χ4v) is 4.09. The van der Waals surface area contributed by atoms with E-state index >= 15 is 0 Å². The largest absolute Gasteiger partial charge is 0.494 e. The van der Waals surface area contributed by atoms with Crippen molar-refractivity contribution in [2.75, 3.05) is 28.5 Å². The summed E-state index contributed by atoms with van der Waals surface area (Å²) in [5.41, 5.74) is 2.34. The number of para-hydroxylation sites is 1. The lowest BCUT2D eigenvalue weighted by molar-refractivity contribution is -0.116. The molecule has 2 aromatic rings. The van der Waals surface area contributed by atoms with Gasteiger partial charge in [-0.05, 0) is 37.3 Å². The SMILES string of the molecule is CCOc1ccc(N2C(=O)CSC2c2ccccc2NC(=O)CCl)cc1. The van der Waals surface area contributed by atoms with Gasteiger partial charge in [-0.2, -0.15) is 0 Å². The van der Waals surface area contributed by atoms with Gasteiger partial charge in [-0.3, -0.25) is 14.5 Å². The van der Waals surface area contributed by atoms with E-state index in [-0.39, 0.29) is 23.1 Å². The summed E-state index contributed by atoms with van der Waals surface area (Å²) in [6.45, 7) is 2.52. The number of rotatable bonds is 6. The molecule has 2 amide bonds. The number of anilines is 2. The van der Waals surface area contributed by atoms with E-state index in [0.29, 0.717) is 18.0 Å². The molecule has 1 N–H and O–H groups in total. The molecule has 26 heavy (non-hydrogen) atoms. The van der Waals surface area contributed by atoms with Crippen molar-refractivity contribution in [3.8, 4) is 5.75 Å². The van der Waals surface area contributed by atoms with Crippen molar-refractivity contribution in [1.82, 2.24) is 0 Å². The molecule has 0 aliphatic carbocycles. The molecule has 0 radical (unpaired) electrons. The Kier molecular flexibility index (Phi) is 6.06. The standard InChI is InChI=1S/C19H19ClN2O3S/c1-2-25-14-9-7-13(8-10-14)22-18(24)12-26-19(22)15-5-3-4-6-16(15)21-17(23)11-20/h3-10,19H,2,11-12H2,1H3,(H,21,23). The lowest BCUT2D eigenvalue weighted by Crippen LogP contribution is -2.28. The highest BCUT2D eigenvalue weighted by atomic mass is 35.5. The monoisotopic (exact) mass is 390 g/mol. The Bertz CT molecular complexity index is 798. The van der Waals surface area contributed by atoms with Gasteiger partial charge in [0.2, 0.25) is 11.8 Å². The maximum Gasteiger partial charge on any atom is 0.239 e. The highest BCUT2D eigenvalue weighted by Gasteiger charge is 2.35. The van der Waals surface area contributed by atoms with Crippen LogP contribution in [-0.4, -0.2) is 30.1 Å². The second-order valence-corrected chi connectivity index (χ2v) is 6.96. The van der Waals surface area contributed by atoms with Crippen LogP contribution in [0.25, 0.3) is 0 Å². The van der Waals surface area contributed by atoms with Crippen LogP contribution in [0.3, 0.4) is 0 Å². The first kappa shape index (κ1) is 18.6. The number of nitrogens with zero attached hydrogens (tertiary/aromatic N) is 1. The Morgan fingerprint density at radius 3 is 2.69 bits per heavy atom. The molecule has 1 heterocycles. The molecule has 0 aromatic heterocycles. The summed E-state index contributed by atoms with van der Waals surface area (Å²) in [6, 6.07) is 14.9. The number of ether oxygens (including phenoxy) is 1. The molecule has 7 heteroatoms. The van der Waals surface area contributed by atoms with E-state index in [4.69, 9.17) is 16.3 Å². The van der Waals surface area contributed by atoms with Crippen LogP contribution in [0.15, 0.2) is 48.5 Å². The Morgan fingerprint density at radius 1 is 1.27 bits per heavy atom. The van der Waals surface area contributed by atoms with Crippen LogP contribution in [0.5, 0.6) is 5.75 Å². The van der Waals surface area contributed by atoms with Gasteiger partial charge in [-0.25, -0.2) is 0 Å². The van der Waals surface area contributed by atoms with E-state index in [9.17, 15) is 9.59 Å². The van der Waals surface area contributed by atoms with Gasteiger partial charge in [0.15, 0.2) is 0 Å². The number of carbonyl (C=O) groups is 2. The van der Waals surface area contributed by atoms with Crippen molar-refractivity contribution in [3.63, 3.8) is 0 Å². The lowest BCUT2D eigenvalue weighted by atomic mass is 10.1. The molecule has 3 rings (SSSR count). The fraction of sp³-hybridized carbons (Fsp3) is 0.263. The Hall–Kier alpha value is -2.18. The van der Waals surface area contributed by atoms with Gasteiger partial charge in [-0.15, -0.1) is 23.4 Å². The van der Waals surface area contributed by atoms with Crippen LogP contribution >= 0.6 is 23.4 Å². The van der Waals surface area contributed by atoms with E-state index in [0.717, 1.165) is 17.0 Å². The highest BCUT2D eigenvalue weighted by molar-refractivity contribution is 8.00. The molecule has 1 aliphatic heterocycles. The topological polar surface area (TPSA) is 58.6 Å². The quantitative estimate of drug-likeness (QED) is 0.756. The summed E-state index contributed by atoms with van der Waals surface area (Å²) in [5, 5.41) is 2.59. The first-order chi connectivity index (χ1) is 12.6. The predicted molar refractivity (Wildman–Crippen MR) is 106 cm³/mol. The van der Waals surface area contributed by atoms with E-state index in [1.807, 2.05) is 55.5 Å². The van der Waals surface area contributed by atoms with Gasteiger partial charge in [0.25, 0.3) is 0 Å². The zero-order valence-corrected chi connectivity index (χ0v) is 15.8. The number of thioether (sulfide) groups is 1. The summed E-state index contributed by atoms with van der Waals surface area (Å²) in [4.78, 5) is 26.0. The number of amides is 2. The van der Waals surface area contributed by atoms with Crippen LogP contribution in [0.1, 0.15) is 17.9 Å². The fourth-order valence-electron chi connectivity index (χ4n) is 2.81. The molecule has 0 bridgehead atoms. The number of hydrogen-bond acceptors (Lipinski definition) is 4. The molecule has 0 spiro atoms. The molecule has 1 atom stereocenters. The van der Waals surface area contributed by atoms with Crippen molar-refractivity contribution in [2.45, 2.75) is 12.3 Å². The summed E-state index contributed by atoms with van der Waals surface area (Å²) < 4.78 is 5.47. The molecule has 1 saturated heterocycles. The van der Waals surface area contributed by atoms with Crippen molar-refractivity contribution in [3.05, 3.63) is 54.1 Å². The van der Waals surface area contributed by atoms with Crippen molar-refractivity contribution < 1.29 is 14.3 Å². The van der Waals surface area contributed by atoms with E-state index in [1.165, 1.54) is 11.8 Å². The van der Waals surface area contributed by atoms with Crippen LogP contribution in [0, 0.1) is 0 Å². The molecule has 1 aliphatic rings. The van der Waals surface area contributed by atoms with Crippen LogP contribution in [0.4, 0.5) is 11.4 Å². The highest BCUT2D eigenvalue weighted by Crippen LogP contribution is 2.44. The van der Waals surface area contributed by atoms with Crippen molar-refractivity contribution in [2.24, 2.45) is 0 Å². The minimum Gasteiger partial charge on any atom is -0.494 e. The molecule has 136 valence electrons. The Morgan fingerprint density at radius 2 is 2.00 bits per heavy atom. The van der Waals surface area contributed by atoms with E-state index < -0.39 is 0 Å². The lowest BCUT2D eigenvalue weighted by Gasteiger charge is -2.26. The first-order valence-corrected chi connectivity index (χ1v) is 9.83. The van der Waals surface area contributed by atoms with E-state index in [1.54, 1.807) is 4.90 Å². The third-order valence-electron chi connectivity index (χ3n) is 3.92. The number of alkyl halides is 1. The van der Waals surface area contributed by atoms with E-state index in [2.05, 4.69) is 5.32 Å². The number of nitrogens with one attached hydrogen (secondary N) is 1. The molecule has 0 saturated carbocycles. The molecular formula is C19H19ClN2O3S. The Balaban J connectivity index is 1.92. The third-order valence-corrected chi connectivity index (χ3v) is 5.35. The molecule has 1 unspecified atom stereocenters. The van der Waals surface area contributed by atoms with Crippen molar-refractivity contribution >= 4 is 46.6 Å². The molecule has 2 aromatic carbocycles. The minimum atomic E-state index is -0.277. The summed E-state index contributed by atoms with van der Waals surface area (Å²) in [7, 11) is 0. The minimum absolute atomic E-state index is 0.0302. The number of hydrogen-bond donors (Lipinski definition) is 1. The predicted octanol–water partition coefficient (Wildman–Crippen LogP) is 4.04. The van der Waals surface area contributed by atoms with Crippen LogP contribution < -0.4 is 15.0 Å². The summed E-state index contributed by atoms with van der Waals surface area (Å²) in [5.74, 6) is 0.786. The smallest absolute Gasteiger partial charge is 0.239 e. The number of benzene rings is 2. The average Bonchev–Trinajstić information content (AvgIpc) is 3.04. The van der Waals surface area contributed by atoms with Gasteiger partial charge in [0.05, 0.1) is 12.4 Å². The van der Waals surface area contributed by atoms with Gasteiger partial charge in [0.1, 0.15) is 17.0 Å². The first-order valence-electron chi connectivity index (χ1n) is 8.25. The van der Waals surface area contributed by atoms with Crippen molar-refractivity contribution in [1.29, 1.82) is 0 Å². The molecule has 1 fully saturated rings. The van der Waals surface area contributed by atoms with Gasteiger partial charge < -0.3 is 10.1 Å². The Labute approximate surface area is 161 Å². The maximum atomic E-state index is 12.5. The second-order valence-electron chi connectivity index (χ2n) is 5.62. The summed E-state index contributed by atoms with van der Waals surface area (Å²) >= 11 is 7.14. The zero-order chi connectivity index (χ0) is 18.5. The van der Waals surface area contributed by atoms with Crippen LogP contribution in [0.2, 0.25) is 0 Å². The molecule has 5 nitrogen and oxygen atoms in total. The summed E-state index contributed by atoms with van der Waals surface area (Å²) in [6.07, 6.45) is 0. The average molecular weight is 391 g/mol. The molecular weight excluding hydrogens is 372 g/mol. The second kappa shape index (κ2) is 8.47. The van der Waals surface area contributed by atoms with Gasteiger partial charge in [0, 0.05) is 16.9 Å². The van der Waals surface area contributed by atoms with Crippen LogP contribution in [-0.2, 0) is 9.59 Å². The maximum absolute atomic E-state index is 12.5.